The summed E-state index contributed by atoms with van der Waals surface area (Å²) in [4.78, 5) is 4.61. The number of nitrogens with one attached hydrogen (secondary N) is 1. The van der Waals surface area contributed by atoms with Crippen LogP contribution in [0.1, 0.15) is 16.7 Å². The van der Waals surface area contributed by atoms with E-state index in [2.05, 4.69) is 10.3 Å². The van der Waals surface area contributed by atoms with Gasteiger partial charge in [-0.15, -0.1) is 0 Å². The Labute approximate surface area is 172 Å². The van der Waals surface area contributed by atoms with E-state index in [0.717, 1.165) is 34.2 Å². The maximum Gasteiger partial charge on any atom is 0.416 e. The smallest absolute Gasteiger partial charge is 0.416 e. The van der Waals surface area contributed by atoms with Gasteiger partial charge in [-0.3, -0.25) is 0 Å². The summed E-state index contributed by atoms with van der Waals surface area (Å²) in [7, 11) is 1.35. The number of benzene rings is 2. The van der Waals surface area contributed by atoms with Crippen molar-refractivity contribution >= 4 is 11.3 Å². The van der Waals surface area contributed by atoms with E-state index < -0.39 is 11.7 Å². The molecule has 4 rings (SSSR count). The first kappa shape index (κ1) is 19.8. The van der Waals surface area contributed by atoms with Crippen molar-refractivity contribution in [2.24, 2.45) is 0 Å². The van der Waals surface area contributed by atoms with Gasteiger partial charge in [0.1, 0.15) is 11.4 Å². The molecule has 0 radical (unpaired) electrons. The number of aryl methyl sites for hydroxylation is 1. The molecule has 0 aliphatic rings. The molecule has 0 unspecified atom stereocenters. The SMILES string of the molecule is COc1ccc(CNc2ccc(-c3cn4cc(C)ccc4n3)cc2)c(C(F)(F)F)c1. The first-order valence-electron chi connectivity index (χ1n) is 9.37. The molecule has 0 aliphatic heterocycles. The number of alkyl halides is 3. The van der Waals surface area contributed by atoms with E-state index in [-0.39, 0.29) is 17.9 Å². The summed E-state index contributed by atoms with van der Waals surface area (Å²) in [6.45, 7) is 2.07. The fourth-order valence-corrected chi connectivity index (χ4v) is 3.30. The Morgan fingerprint density at radius 2 is 1.77 bits per heavy atom. The lowest BCUT2D eigenvalue weighted by Crippen LogP contribution is -2.12. The molecule has 2 aromatic heterocycles. The van der Waals surface area contributed by atoms with Crippen LogP contribution < -0.4 is 10.1 Å². The number of halogens is 3. The lowest BCUT2D eigenvalue weighted by Gasteiger charge is -2.15. The number of hydrogen-bond donors (Lipinski definition) is 1. The van der Waals surface area contributed by atoms with Crippen molar-refractivity contribution in [2.45, 2.75) is 19.6 Å². The molecule has 7 heteroatoms. The fraction of sp³-hybridized carbons (Fsp3) is 0.174. The number of pyridine rings is 1. The van der Waals surface area contributed by atoms with Crippen molar-refractivity contribution in [1.29, 1.82) is 0 Å². The molecule has 2 aromatic carbocycles. The zero-order valence-electron chi connectivity index (χ0n) is 16.5. The number of imidazole rings is 1. The minimum absolute atomic E-state index is 0.0474. The van der Waals surface area contributed by atoms with Gasteiger partial charge in [0.25, 0.3) is 0 Å². The molecule has 0 saturated heterocycles. The van der Waals surface area contributed by atoms with Crippen LogP contribution in [0.2, 0.25) is 0 Å². The second-order valence-electron chi connectivity index (χ2n) is 7.05. The molecular formula is C23H20F3N3O. The van der Waals surface area contributed by atoms with E-state index in [4.69, 9.17) is 4.74 Å². The molecule has 0 spiro atoms. The minimum atomic E-state index is -4.45. The summed E-state index contributed by atoms with van der Waals surface area (Å²) in [6.07, 6.45) is -0.483. The predicted octanol–water partition coefficient (Wildman–Crippen LogP) is 5.95. The molecule has 154 valence electrons. The van der Waals surface area contributed by atoms with Crippen LogP contribution in [-0.4, -0.2) is 16.5 Å². The normalized spacial score (nSPS) is 11.6. The molecule has 0 fully saturated rings. The summed E-state index contributed by atoms with van der Waals surface area (Å²) in [5, 5.41) is 3.06. The average Bonchev–Trinajstić information content (AvgIpc) is 3.15. The van der Waals surface area contributed by atoms with Gasteiger partial charge in [-0.05, 0) is 48.4 Å². The molecule has 0 aliphatic carbocycles. The summed E-state index contributed by atoms with van der Waals surface area (Å²) < 4.78 is 46.9. The molecule has 4 aromatic rings. The van der Waals surface area contributed by atoms with E-state index in [9.17, 15) is 13.2 Å². The van der Waals surface area contributed by atoms with Gasteiger partial charge in [0, 0.05) is 30.2 Å². The van der Waals surface area contributed by atoms with Gasteiger partial charge >= 0.3 is 6.18 Å². The highest BCUT2D eigenvalue weighted by Gasteiger charge is 2.33. The monoisotopic (exact) mass is 411 g/mol. The van der Waals surface area contributed by atoms with Crippen LogP contribution in [0.25, 0.3) is 16.9 Å². The number of nitrogens with zero attached hydrogens (tertiary/aromatic N) is 2. The van der Waals surface area contributed by atoms with Gasteiger partial charge in [-0.2, -0.15) is 13.2 Å². The standard InChI is InChI=1S/C23H20F3N3O/c1-15-3-10-22-28-21(14-29(22)13-15)16-4-7-18(8-5-16)27-12-17-6-9-19(30-2)11-20(17)23(24,25)26/h3-11,13-14,27H,12H2,1-2H3. The molecule has 4 nitrogen and oxygen atoms in total. The number of hydrogen-bond acceptors (Lipinski definition) is 3. The topological polar surface area (TPSA) is 38.6 Å². The van der Waals surface area contributed by atoms with E-state index in [0.29, 0.717) is 0 Å². The van der Waals surface area contributed by atoms with Gasteiger partial charge in [0.15, 0.2) is 0 Å². The molecule has 30 heavy (non-hydrogen) atoms. The van der Waals surface area contributed by atoms with Crippen LogP contribution in [0.5, 0.6) is 5.75 Å². The number of methoxy groups -OCH3 is 1. The van der Waals surface area contributed by atoms with Gasteiger partial charge in [-0.1, -0.05) is 24.3 Å². The largest absolute Gasteiger partial charge is 0.497 e. The Kier molecular flexibility index (Phi) is 5.11. The van der Waals surface area contributed by atoms with Crippen molar-refractivity contribution in [3.8, 4) is 17.0 Å². The first-order chi connectivity index (χ1) is 14.3. The summed E-state index contributed by atoms with van der Waals surface area (Å²) in [6, 6.07) is 15.4. The Hall–Kier alpha value is -3.48. The summed E-state index contributed by atoms with van der Waals surface area (Å²) >= 11 is 0. The maximum atomic E-state index is 13.4. The fourth-order valence-electron chi connectivity index (χ4n) is 3.30. The highest BCUT2D eigenvalue weighted by atomic mass is 19.4. The first-order valence-corrected chi connectivity index (χ1v) is 9.37. The Morgan fingerprint density at radius 1 is 1.00 bits per heavy atom. The second-order valence-corrected chi connectivity index (χ2v) is 7.05. The Morgan fingerprint density at radius 3 is 2.47 bits per heavy atom. The van der Waals surface area contributed by atoms with E-state index in [1.54, 1.807) is 0 Å². The number of aromatic nitrogens is 2. The maximum absolute atomic E-state index is 13.4. The number of rotatable bonds is 5. The van der Waals surface area contributed by atoms with Crippen LogP contribution in [0, 0.1) is 6.92 Å². The van der Waals surface area contributed by atoms with Crippen LogP contribution in [0.3, 0.4) is 0 Å². The van der Waals surface area contributed by atoms with Crippen molar-refractivity contribution in [1.82, 2.24) is 9.38 Å². The van der Waals surface area contributed by atoms with Gasteiger partial charge in [-0.25, -0.2) is 4.98 Å². The van der Waals surface area contributed by atoms with Crippen molar-refractivity contribution in [3.05, 3.63) is 83.7 Å². The third-order valence-electron chi connectivity index (χ3n) is 4.88. The second kappa shape index (κ2) is 7.74. The molecule has 2 heterocycles. The minimum Gasteiger partial charge on any atom is -0.497 e. The number of fused-ring (bicyclic) bond motifs is 1. The molecule has 0 bridgehead atoms. The number of ether oxygens (including phenoxy) is 1. The quantitative estimate of drug-likeness (QED) is 0.441. The molecule has 0 atom stereocenters. The zero-order chi connectivity index (χ0) is 21.3. The molecular weight excluding hydrogens is 391 g/mol. The van der Waals surface area contributed by atoms with E-state index in [1.165, 1.54) is 19.2 Å². The highest BCUT2D eigenvalue weighted by Crippen LogP contribution is 2.35. The van der Waals surface area contributed by atoms with Gasteiger partial charge in [0.05, 0.1) is 18.4 Å². The summed E-state index contributed by atoms with van der Waals surface area (Å²) in [5.41, 5.74) is 3.94. The summed E-state index contributed by atoms with van der Waals surface area (Å²) in [5.74, 6) is 0.179. The Bertz CT molecular complexity index is 1180. The van der Waals surface area contributed by atoms with Crippen LogP contribution in [0.4, 0.5) is 18.9 Å². The third-order valence-corrected chi connectivity index (χ3v) is 4.88. The predicted molar refractivity (Wildman–Crippen MR) is 111 cm³/mol. The molecule has 0 amide bonds. The molecule has 1 N–H and O–H groups in total. The van der Waals surface area contributed by atoms with Crippen LogP contribution >= 0.6 is 0 Å². The highest BCUT2D eigenvalue weighted by molar-refractivity contribution is 5.65. The van der Waals surface area contributed by atoms with E-state index >= 15 is 0 Å². The number of anilines is 1. The Balaban J connectivity index is 1.51. The lowest BCUT2D eigenvalue weighted by atomic mass is 10.1. The van der Waals surface area contributed by atoms with Crippen LogP contribution in [0.15, 0.2) is 67.0 Å². The van der Waals surface area contributed by atoms with Crippen molar-refractivity contribution in [2.75, 3.05) is 12.4 Å². The zero-order valence-corrected chi connectivity index (χ0v) is 16.5. The van der Waals surface area contributed by atoms with Crippen molar-refractivity contribution in [3.63, 3.8) is 0 Å². The average molecular weight is 411 g/mol. The van der Waals surface area contributed by atoms with Crippen LogP contribution in [-0.2, 0) is 12.7 Å². The lowest BCUT2D eigenvalue weighted by molar-refractivity contribution is -0.138. The van der Waals surface area contributed by atoms with E-state index in [1.807, 2.05) is 60.1 Å². The third kappa shape index (κ3) is 4.10. The van der Waals surface area contributed by atoms with Crippen molar-refractivity contribution < 1.29 is 17.9 Å². The van der Waals surface area contributed by atoms with Gasteiger partial charge in [0.2, 0.25) is 0 Å². The van der Waals surface area contributed by atoms with Gasteiger partial charge < -0.3 is 14.5 Å². The molecule has 0 saturated carbocycles.